The summed E-state index contributed by atoms with van der Waals surface area (Å²) in [6.45, 7) is 9.14. The fourth-order valence-corrected chi connectivity index (χ4v) is 1.43. The Kier molecular flexibility index (Phi) is 10.9. The molecule has 0 radical (unpaired) electrons. The van der Waals surface area contributed by atoms with Crippen molar-refractivity contribution in [3.63, 3.8) is 0 Å². The highest BCUT2D eigenvalue weighted by Crippen LogP contribution is 2.15. The van der Waals surface area contributed by atoms with E-state index in [0.717, 1.165) is 19.5 Å². The van der Waals surface area contributed by atoms with Crippen molar-refractivity contribution in [3.8, 4) is 0 Å². The van der Waals surface area contributed by atoms with Crippen LogP contribution < -0.4 is 0 Å². The Balaban J connectivity index is 0. The molecule has 1 saturated heterocycles. The molecule has 80 valence electrons. The molecule has 0 aliphatic carbocycles. The summed E-state index contributed by atoms with van der Waals surface area (Å²) in [6, 6.07) is 0.613. The maximum absolute atomic E-state index is 7.35. The van der Waals surface area contributed by atoms with Gasteiger partial charge in [-0.3, -0.25) is 5.41 Å². The van der Waals surface area contributed by atoms with Gasteiger partial charge < -0.3 is 10.0 Å². The average molecular weight is 188 g/mol. The lowest BCUT2D eigenvalue weighted by Gasteiger charge is -2.21. The van der Waals surface area contributed by atoms with Crippen LogP contribution in [-0.4, -0.2) is 35.5 Å². The lowest BCUT2D eigenvalue weighted by atomic mass is 10.2. The minimum absolute atomic E-state index is 0.613. The number of hydrogen-bond acceptors (Lipinski definition) is 2. The summed E-state index contributed by atoms with van der Waals surface area (Å²) in [5.74, 6) is 0.722. The van der Waals surface area contributed by atoms with Gasteiger partial charge in [-0.1, -0.05) is 13.8 Å². The standard InChI is InChI=1S/C7H14N2.C2H6.CH4O/c1-6-4-3-5-9(6)7(2)8;2*1-2/h6,8H,3-5H2,1-2H3;1-2H3;2H,1H3. The van der Waals surface area contributed by atoms with Crippen LogP contribution in [0.3, 0.4) is 0 Å². The van der Waals surface area contributed by atoms with Crippen molar-refractivity contribution in [3.05, 3.63) is 0 Å². The molecule has 1 atom stereocenters. The summed E-state index contributed by atoms with van der Waals surface area (Å²) in [6.07, 6.45) is 2.52. The molecule has 1 aliphatic heterocycles. The van der Waals surface area contributed by atoms with Crippen LogP contribution in [-0.2, 0) is 0 Å². The van der Waals surface area contributed by atoms with E-state index in [2.05, 4.69) is 11.8 Å². The molecule has 0 aromatic carbocycles. The molecule has 0 bridgehead atoms. The monoisotopic (exact) mass is 188 g/mol. The smallest absolute Gasteiger partial charge is 0.0928 e. The number of aliphatic hydroxyl groups excluding tert-OH is 1. The minimum atomic E-state index is 0.613. The molecule has 0 saturated carbocycles. The molecule has 3 heteroatoms. The number of rotatable bonds is 0. The first-order chi connectivity index (χ1) is 6.22. The lowest BCUT2D eigenvalue weighted by Crippen LogP contribution is -2.30. The third kappa shape index (κ3) is 5.64. The van der Waals surface area contributed by atoms with E-state index in [4.69, 9.17) is 10.5 Å². The van der Waals surface area contributed by atoms with Crippen LogP contribution in [0.2, 0.25) is 0 Å². The van der Waals surface area contributed by atoms with Crippen molar-refractivity contribution in [2.24, 2.45) is 0 Å². The highest BCUT2D eigenvalue weighted by atomic mass is 16.2. The molecule has 3 nitrogen and oxygen atoms in total. The van der Waals surface area contributed by atoms with Crippen LogP contribution in [0.4, 0.5) is 0 Å². The Bertz CT molecular complexity index is 126. The van der Waals surface area contributed by atoms with Gasteiger partial charge in [0.1, 0.15) is 0 Å². The number of nitrogens with zero attached hydrogens (tertiary/aromatic N) is 1. The first-order valence-electron chi connectivity index (χ1n) is 4.98. The maximum Gasteiger partial charge on any atom is 0.0928 e. The van der Waals surface area contributed by atoms with Crippen molar-refractivity contribution < 1.29 is 5.11 Å². The Hall–Kier alpha value is -0.570. The maximum atomic E-state index is 7.35. The van der Waals surface area contributed by atoms with Gasteiger partial charge in [0, 0.05) is 19.7 Å². The number of hydrogen-bond donors (Lipinski definition) is 2. The average Bonchev–Trinajstić information content (AvgIpc) is 2.58. The van der Waals surface area contributed by atoms with Crippen LogP contribution in [0.15, 0.2) is 0 Å². The van der Waals surface area contributed by atoms with Crippen LogP contribution in [0, 0.1) is 5.41 Å². The molecule has 0 spiro atoms. The van der Waals surface area contributed by atoms with Crippen molar-refractivity contribution >= 4 is 5.84 Å². The molecule has 1 aliphatic rings. The van der Waals surface area contributed by atoms with Gasteiger partial charge in [-0.15, -0.1) is 0 Å². The van der Waals surface area contributed by atoms with E-state index in [1.807, 2.05) is 20.8 Å². The number of aliphatic hydroxyl groups is 1. The van der Waals surface area contributed by atoms with E-state index in [-0.39, 0.29) is 0 Å². The van der Waals surface area contributed by atoms with E-state index < -0.39 is 0 Å². The van der Waals surface area contributed by atoms with E-state index in [1.54, 1.807) is 0 Å². The second-order valence-corrected chi connectivity index (χ2v) is 2.77. The van der Waals surface area contributed by atoms with Crippen molar-refractivity contribution in [1.29, 1.82) is 5.41 Å². The zero-order valence-corrected chi connectivity index (χ0v) is 9.59. The fourth-order valence-electron chi connectivity index (χ4n) is 1.43. The SMILES string of the molecule is CC.CC(=N)N1CCCC1C.CO. The van der Waals surface area contributed by atoms with E-state index in [0.29, 0.717) is 6.04 Å². The largest absolute Gasteiger partial charge is 0.400 e. The summed E-state index contributed by atoms with van der Waals surface area (Å²) < 4.78 is 0. The molecule has 0 amide bonds. The quantitative estimate of drug-likeness (QED) is 0.452. The van der Waals surface area contributed by atoms with Gasteiger partial charge in [0.25, 0.3) is 0 Å². The van der Waals surface area contributed by atoms with Crippen LogP contribution >= 0.6 is 0 Å². The molecule has 1 unspecified atom stereocenters. The Labute approximate surface area is 82.3 Å². The molecule has 2 N–H and O–H groups in total. The summed E-state index contributed by atoms with van der Waals surface area (Å²) in [7, 11) is 1.00. The predicted octanol–water partition coefficient (Wildman–Crippen LogP) is 2.10. The van der Waals surface area contributed by atoms with Gasteiger partial charge in [-0.25, -0.2) is 0 Å². The zero-order chi connectivity index (χ0) is 10.9. The van der Waals surface area contributed by atoms with Gasteiger partial charge in [0.05, 0.1) is 5.84 Å². The normalized spacial score (nSPS) is 19.5. The van der Waals surface area contributed by atoms with E-state index >= 15 is 0 Å². The third-order valence-corrected chi connectivity index (χ3v) is 1.98. The lowest BCUT2D eigenvalue weighted by molar-refractivity contribution is 0.399. The molecule has 0 aromatic heterocycles. The summed E-state index contributed by atoms with van der Waals surface area (Å²) >= 11 is 0. The summed E-state index contributed by atoms with van der Waals surface area (Å²) in [5.41, 5.74) is 0. The predicted molar refractivity (Wildman–Crippen MR) is 58.3 cm³/mol. The summed E-state index contributed by atoms with van der Waals surface area (Å²) in [5, 5.41) is 14.3. The van der Waals surface area contributed by atoms with Gasteiger partial charge >= 0.3 is 0 Å². The van der Waals surface area contributed by atoms with Crippen LogP contribution in [0.25, 0.3) is 0 Å². The topological polar surface area (TPSA) is 47.3 Å². The second kappa shape index (κ2) is 9.52. The van der Waals surface area contributed by atoms with Crippen LogP contribution in [0.1, 0.15) is 40.5 Å². The fraction of sp³-hybridized carbons (Fsp3) is 0.900. The Morgan fingerprint density at radius 1 is 1.38 bits per heavy atom. The number of amidine groups is 1. The van der Waals surface area contributed by atoms with Gasteiger partial charge in [0.2, 0.25) is 0 Å². The van der Waals surface area contributed by atoms with Gasteiger partial charge in [0.15, 0.2) is 0 Å². The van der Waals surface area contributed by atoms with Crippen LogP contribution in [0.5, 0.6) is 0 Å². The Morgan fingerprint density at radius 3 is 2.00 bits per heavy atom. The minimum Gasteiger partial charge on any atom is -0.400 e. The second-order valence-electron chi connectivity index (χ2n) is 2.77. The first kappa shape index (κ1) is 14.9. The van der Waals surface area contributed by atoms with Crippen molar-refractivity contribution in [2.75, 3.05) is 13.7 Å². The van der Waals surface area contributed by atoms with Gasteiger partial charge in [-0.05, 0) is 26.7 Å². The molecule has 1 heterocycles. The highest BCUT2D eigenvalue weighted by molar-refractivity contribution is 5.76. The number of likely N-dealkylation sites (tertiary alicyclic amines) is 1. The molecule has 0 aromatic rings. The van der Waals surface area contributed by atoms with Gasteiger partial charge in [-0.2, -0.15) is 0 Å². The first-order valence-corrected chi connectivity index (χ1v) is 4.98. The molecular weight excluding hydrogens is 164 g/mol. The summed E-state index contributed by atoms with van der Waals surface area (Å²) in [4.78, 5) is 2.15. The molecular formula is C10H24N2O. The number of nitrogens with one attached hydrogen (secondary N) is 1. The van der Waals surface area contributed by atoms with Crippen molar-refractivity contribution in [2.45, 2.75) is 46.6 Å². The Morgan fingerprint density at radius 2 is 1.85 bits per heavy atom. The van der Waals surface area contributed by atoms with Crippen molar-refractivity contribution in [1.82, 2.24) is 4.90 Å². The molecule has 1 fully saturated rings. The van der Waals surface area contributed by atoms with E-state index in [9.17, 15) is 0 Å². The van der Waals surface area contributed by atoms with E-state index in [1.165, 1.54) is 12.8 Å². The highest BCUT2D eigenvalue weighted by Gasteiger charge is 2.19. The molecule has 13 heavy (non-hydrogen) atoms. The molecule has 1 rings (SSSR count). The zero-order valence-electron chi connectivity index (χ0n) is 9.59. The third-order valence-electron chi connectivity index (χ3n) is 1.98.